The fraction of sp³-hybridized carbons (Fsp3) is 0.458. The van der Waals surface area contributed by atoms with E-state index in [0.29, 0.717) is 31.0 Å². The summed E-state index contributed by atoms with van der Waals surface area (Å²) in [6.07, 6.45) is 3.73. The number of nitrogens with two attached hydrogens (primary N) is 1. The van der Waals surface area contributed by atoms with Gasteiger partial charge in [-0.3, -0.25) is 14.6 Å². The second-order valence-electron chi connectivity index (χ2n) is 8.24. The number of pyridine rings is 1. The molecule has 0 bridgehead atoms. The number of imidazole rings is 1. The van der Waals surface area contributed by atoms with Crippen molar-refractivity contribution in [3.63, 3.8) is 0 Å². The maximum Gasteiger partial charge on any atom is 0.253 e. The first kappa shape index (κ1) is 23.2. The van der Waals surface area contributed by atoms with Gasteiger partial charge in [-0.2, -0.15) is 0 Å². The molecular formula is C24H33N7O2. The molecule has 9 heteroatoms. The zero-order valence-corrected chi connectivity index (χ0v) is 19.2. The van der Waals surface area contributed by atoms with Crippen LogP contribution in [0.15, 0.2) is 42.9 Å². The lowest BCUT2D eigenvalue weighted by molar-refractivity contribution is 0.0935. The Bertz CT molecular complexity index is 1060. The highest BCUT2D eigenvalue weighted by atomic mass is 16.5. The highest BCUT2D eigenvalue weighted by Gasteiger charge is 2.19. The monoisotopic (exact) mass is 451 g/mol. The van der Waals surface area contributed by atoms with E-state index in [4.69, 9.17) is 10.5 Å². The topological polar surface area (TPSA) is 102 Å². The lowest BCUT2D eigenvalue weighted by Gasteiger charge is -2.34. The molecule has 0 aliphatic carbocycles. The minimum Gasteiger partial charge on any atom is -0.398 e. The molecule has 1 fully saturated rings. The van der Waals surface area contributed by atoms with Gasteiger partial charge in [0, 0.05) is 70.8 Å². The van der Waals surface area contributed by atoms with Crippen LogP contribution in [0.25, 0.3) is 11.2 Å². The number of para-hydroxylation sites is 1. The number of hydrogen-bond donors (Lipinski definition) is 2. The molecule has 33 heavy (non-hydrogen) atoms. The van der Waals surface area contributed by atoms with Crippen LogP contribution in [0, 0.1) is 0 Å². The predicted octanol–water partition coefficient (Wildman–Crippen LogP) is 1.60. The zero-order chi connectivity index (χ0) is 23.0. The average Bonchev–Trinajstić information content (AvgIpc) is 3.25. The van der Waals surface area contributed by atoms with Gasteiger partial charge in [0.15, 0.2) is 5.65 Å². The number of nitrogen functional groups attached to an aromatic ring is 1. The van der Waals surface area contributed by atoms with Crippen LogP contribution < -0.4 is 11.1 Å². The van der Waals surface area contributed by atoms with Gasteiger partial charge in [0.05, 0.1) is 18.5 Å². The Morgan fingerprint density at radius 1 is 1.09 bits per heavy atom. The molecule has 0 saturated carbocycles. The van der Waals surface area contributed by atoms with Crippen molar-refractivity contribution in [2.45, 2.75) is 20.0 Å². The third-order valence-corrected chi connectivity index (χ3v) is 6.05. The second kappa shape index (κ2) is 11.2. The summed E-state index contributed by atoms with van der Waals surface area (Å²) < 4.78 is 7.53. The molecule has 4 rings (SSSR count). The van der Waals surface area contributed by atoms with Crippen LogP contribution in [0.3, 0.4) is 0 Å². The van der Waals surface area contributed by atoms with Crippen LogP contribution in [-0.4, -0.2) is 82.7 Å². The number of nitrogens with one attached hydrogen (secondary N) is 1. The number of anilines is 1. The third kappa shape index (κ3) is 5.87. The van der Waals surface area contributed by atoms with Gasteiger partial charge in [-0.05, 0) is 30.7 Å². The van der Waals surface area contributed by atoms with Gasteiger partial charge in [0.1, 0.15) is 5.52 Å². The summed E-state index contributed by atoms with van der Waals surface area (Å²) in [6, 6.07) is 9.22. The number of carbonyl (C=O) groups is 1. The molecule has 0 spiro atoms. The maximum absolute atomic E-state index is 12.3. The van der Waals surface area contributed by atoms with E-state index in [1.54, 1.807) is 12.1 Å². The lowest BCUT2D eigenvalue weighted by atomic mass is 10.1. The molecule has 1 saturated heterocycles. The predicted molar refractivity (Wildman–Crippen MR) is 129 cm³/mol. The zero-order valence-electron chi connectivity index (χ0n) is 19.2. The Balaban J connectivity index is 1.24. The Morgan fingerprint density at radius 2 is 1.88 bits per heavy atom. The number of carbonyl (C=O) groups excluding carboxylic acids is 1. The fourth-order valence-electron chi connectivity index (χ4n) is 4.15. The van der Waals surface area contributed by atoms with Crippen LogP contribution >= 0.6 is 0 Å². The van der Waals surface area contributed by atoms with E-state index >= 15 is 0 Å². The standard InChI is InChI=1S/C24H33N7O2/c1-2-33-16-15-31-18-28-22-19(7-8-26-23(22)31)17-30-13-11-29(12-14-30)10-9-27-24(32)20-5-3-4-6-21(20)25/h3-8,18H,2,9-17,25H2,1H3,(H,27,32). The van der Waals surface area contributed by atoms with Crippen molar-refractivity contribution in [3.8, 4) is 0 Å². The summed E-state index contributed by atoms with van der Waals surface area (Å²) in [5, 5.41) is 2.98. The van der Waals surface area contributed by atoms with Crippen LogP contribution in [-0.2, 0) is 17.8 Å². The smallest absolute Gasteiger partial charge is 0.253 e. The van der Waals surface area contributed by atoms with Gasteiger partial charge in [-0.1, -0.05) is 12.1 Å². The van der Waals surface area contributed by atoms with Crippen LogP contribution in [0.4, 0.5) is 5.69 Å². The van der Waals surface area contributed by atoms with E-state index in [2.05, 4.69) is 35.7 Å². The van der Waals surface area contributed by atoms with Crippen LogP contribution in [0.2, 0.25) is 0 Å². The molecule has 9 nitrogen and oxygen atoms in total. The van der Waals surface area contributed by atoms with E-state index in [-0.39, 0.29) is 5.91 Å². The number of nitrogens with zero attached hydrogens (tertiary/aromatic N) is 5. The maximum atomic E-state index is 12.3. The first-order valence-electron chi connectivity index (χ1n) is 11.6. The number of rotatable bonds is 10. The number of piperazine rings is 1. The molecule has 0 unspecified atom stereocenters. The summed E-state index contributed by atoms with van der Waals surface area (Å²) in [5.41, 5.74) is 10.0. The number of aromatic nitrogens is 3. The largest absolute Gasteiger partial charge is 0.398 e. The lowest BCUT2D eigenvalue weighted by Crippen LogP contribution is -2.48. The number of hydrogen-bond acceptors (Lipinski definition) is 7. The Hall–Kier alpha value is -3.01. The van der Waals surface area contributed by atoms with E-state index in [1.165, 1.54) is 5.56 Å². The van der Waals surface area contributed by atoms with Crippen molar-refractivity contribution in [2.24, 2.45) is 0 Å². The average molecular weight is 452 g/mol. The third-order valence-electron chi connectivity index (χ3n) is 6.05. The molecular weight excluding hydrogens is 418 g/mol. The van der Waals surface area contributed by atoms with Gasteiger partial charge < -0.3 is 20.4 Å². The van der Waals surface area contributed by atoms with Crippen molar-refractivity contribution in [1.82, 2.24) is 29.7 Å². The molecule has 1 aliphatic heterocycles. The number of fused-ring (bicyclic) bond motifs is 1. The Morgan fingerprint density at radius 3 is 2.67 bits per heavy atom. The van der Waals surface area contributed by atoms with Crippen molar-refractivity contribution in [2.75, 3.05) is 58.2 Å². The fourth-order valence-corrected chi connectivity index (χ4v) is 4.15. The molecule has 1 aliphatic rings. The number of benzene rings is 1. The Kier molecular flexibility index (Phi) is 7.87. The summed E-state index contributed by atoms with van der Waals surface area (Å²) in [7, 11) is 0. The highest BCUT2D eigenvalue weighted by Crippen LogP contribution is 2.18. The van der Waals surface area contributed by atoms with E-state index in [0.717, 1.165) is 57.0 Å². The van der Waals surface area contributed by atoms with Crippen LogP contribution in [0.5, 0.6) is 0 Å². The molecule has 3 aromatic rings. The molecule has 1 amide bonds. The SMILES string of the molecule is CCOCCn1cnc2c(CN3CCN(CCNC(=O)c4ccccc4N)CC3)ccnc21. The van der Waals surface area contributed by atoms with Crippen molar-refractivity contribution in [3.05, 3.63) is 54.0 Å². The molecule has 1 aromatic carbocycles. The minimum atomic E-state index is -0.117. The first-order valence-corrected chi connectivity index (χ1v) is 11.6. The van der Waals surface area contributed by atoms with Crippen molar-refractivity contribution >= 4 is 22.8 Å². The first-order chi connectivity index (χ1) is 16.2. The van der Waals surface area contributed by atoms with E-state index in [1.807, 2.05) is 31.6 Å². The highest BCUT2D eigenvalue weighted by molar-refractivity contribution is 5.99. The molecule has 2 aromatic heterocycles. The molecule has 0 radical (unpaired) electrons. The molecule has 3 heterocycles. The van der Waals surface area contributed by atoms with Crippen LogP contribution in [0.1, 0.15) is 22.8 Å². The van der Waals surface area contributed by atoms with E-state index in [9.17, 15) is 4.79 Å². The quantitative estimate of drug-likeness (QED) is 0.357. The van der Waals surface area contributed by atoms with Gasteiger partial charge in [0.2, 0.25) is 0 Å². The van der Waals surface area contributed by atoms with Gasteiger partial charge in [-0.25, -0.2) is 9.97 Å². The number of ether oxygens (including phenoxy) is 1. The number of amides is 1. The summed E-state index contributed by atoms with van der Waals surface area (Å²) in [4.78, 5) is 26.3. The van der Waals surface area contributed by atoms with Crippen molar-refractivity contribution in [1.29, 1.82) is 0 Å². The minimum absolute atomic E-state index is 0.117. The summed E-state index contributed by atoms with van der Waals surface area (Å²) in [5.74, 6) is -0.117. The molecule has 3 N–H and O–H groups in total. The van der Waals surface area contributed by atoms with Gasteiger partial charge in [0.25, 0.3) is 5.91 Å². The normalized spacial score (nSPS) is 15.2. The Labute approximate surface area is 194 Å². The van der Waals surface area contributed by atoms with Crippen molar-refractivity contribution < 1.29 is 9.53 Å². The van der Waals surface area contributed by atoms with Gasteiger partial charge >= 0.3 is 0 Å². The molecule has 0 atom stereocenters. The van der Waals surface area contributed by atoms with Gasteiger partial charge in [-0.15, -0.1) is 0 Å². The summed E-state index contributed by atoms with van der Waals surface area (Å²) >= 11 is 0. The second-order valence-corrected chi connectivity index (χ2v) is 8.24. The summed E-state index contributed by atoms with van der Waals surface area (Å²) in [6.45, 7) is 10.3. The molecule has 176 valence electrons. The van der Waals surface area contributed by atoms with E-state index < -0.39 is 0 Å².